The van der Waals surface area contributed by atoms with E-state index >= 15 is 0 Å². The van der Waals surface area contributed by atoms with Gasteiger partial charge in [-0.25, -0.2) is 0 Å². The third-order valence-corrected chi connectivity index (χ3v) is 10.5. The molecule has 6 aromatic rings. The van der Waals surface area contributed by atoms with Crippen LogP contribution in [0.3, 0.4) is 0 Å². The minimum absolute atomic E-state index is 0.00135. The van der Waals surface area contributed by atoms with Gasteiger partial charge in [0.2, 0.25) is 0 Å². The summed E-state index contributed by atoms with van der Waals surface area (Å²) in [7, 11) is -0.366. The fourth-order valence-electron chi connectivity index (χ4n) is 7.06. The zero-order chi connectivity index (χ0) is 30.4. The average Bonchev–Trinajstić information content (AvgIpc) is 3.39. The van der Waals surface area contributed by atoms with Crippen LogP contribution in [-0.4, -0.2) is 18.3 Å². The molecule has 0 radical (unpaired) electrons. The molecule has 2 aliphatic rings. The van der Waals surface area contributed by atoms with Crippen molar-refractivity contribution in [2.75, 3.05) is 0 Å². The van der Waals surface area contributed by atoms with Crippen LogP contribution in [-0.2, 0) is 14.7 Å². The molecule has 0 aromatic heterocycles. The topological polar surface area (TPSA) is 18.5 Å². The monoisotopic (exact) mass is 572 g/mol. The third kappa shape index (κ3) is 4.18. The van der Waals surface area contributed by atoms with Crippen molar-refractivity contribution in [3.8, 4) is 33.4 Å². The lowest BCUT2D eigenvalue weighted by atomic mass is 9.78. The van der Waals surface area contributed by atoms with E-state index in [1.54, 1.807) is 0 Å². The van der Waals surface area contributed by atoms with Crippen LogP contribution in [0.5, 0.6) is 0 Å². The maximum Gasteiger partial charge on any atom is 0.494 e. The molecule has 1 fully saturated rings. The highest BCUT2D eigenvalue weighted by molar-refractivity contribution is 6.62. The Kier molecular flexibility index (Phi) is 5.86. The molecule has 6 aromatic carbocycles. The molecule has 0 bridgehead atoms. The summed E-state index contributed by atoms with van der Waals surface area (Å²) in [5, 5.41) is 4.89. The zero-order valence-corrected chi connectivity index (χ0v) is 26.4. The van der Waals surface area contributed by atoms with E-state index in [1.165, 1.54) is 66.1 Å². The molecule has 0 unspecified atom stereocenters. The molecular formula is C41H37BO2. The van der Waals surface area contributed by atoms with Crippen molar-refractivity contribution in [3.63, 3.8) is 0 Å². The molecule has 0 amide bonds. The second-order valence-electron chi connectivity index (χ2n) is 14.1. The number of hydrogen-bond acceptors (Lipinski definition) is 2. The molecular weight excluding hydrogens is 535 g/mol. The van der Waals surface area contributed by atoms with Crippen LogP contribution in [0.4, 0.5) is 0 Å². The summed E-state index contributed by atoms with van der Waals surface area (Å²) in [5.74, 6) is 0. The van der Waals surface area contributed by atoms with Gasteiger partial charge < -0.3 is 9.31 Å². The van der Waals surface area contributed by atoms with Crippen LogP contribution < -0.4 is 5.46 Å². The molecule has 3 heteroatoms. The lowest BCUT2D eigenvalue weighted by molar-refractivity contribution is 0.00578. The molecule has 0 atom stereocenters. The van der Waals surface area contributed by atoms with Crippen LogP contribution >= 0.6 is 0 Å². The van der Waals surface area contributed by atoms with Gasteiger partial charge in [-0.15, -0.1) is 0 Å². The van der Waals surface area contributed by atoms with Crippen molar-refractivity contribution in [2.45, 2.75) is 58.2 Å². The molecule has 44 heavy (non-hydrogen) atoms. The van der Waals surface area contributed by atoms with Gasteiger partial charge in [0.15, 0.2) is 0 Å². The first-order valence-corrected chi connectivity index (χ1v) is 15.7. The molecule has 0 N–H and O–H groups in total. The van der Waals surface area contributed by atoms with Gasteiger partial charge in [0.1, 0.15) is 0 Å². The Labute approximate surface area is 260 Å². The van der Waals surface area contributed by atoms with E-state index < -0.39 is 0 Å². The van der Waals surface area contributed by atoms with Crippen LogP contribution in [0, 0.1) is 0 Å². The van der Waals surface area contributed by atoms with Gasteiger partial charge in [0, 0.05) is 5.41 Å². The minimum atomic E-state index is -0.366. The predicted octanol–water partition coefficient (Wildman–Crippen LogP) is 9.93. The molecule has 1 aliphatic heterocycles. The Balaban J connectivity index is 1.11. The van der Waals surface area contributed by atoms with E-state index in [0.717, 1.165) is 5.46 Å². The predicted molar refractivity (Wildman–Crippen MR) is 186 cm³/mol. The quantitative estimate of drug-likeness (QED) is 0.197. The highest BCUT2D eigenvalue weighted by atomic mass is 16.7. The molecule has 0 spiro atoms. The van der Waals surface area contributed by atoms with E-state index in [0.29, 0.717) is 0 Å². The lowest BCUT2D eigenvalue weighted by Gasteiger charge is -2.32. The van der Waals surface area contributed by atoms with E-state index in [4.69, 9.17) is 9.31 Å². The largest absolute Gasteiger partial charge is 0.494 e. The van der Waals surface area contributed by atoms with Crippen LogP contribution in [0.1, 0.15) is 52.7 Å². The van der Waals surface area contributed by atoms with Gasteiger partial charge in [-0.3, -0.25) is 0 Å². The highest BCUT2D eigenvalue weighted by Crippen LogP contribution is 2.49. The van der Waals surface area contributed by atoms with E-state index in [1.807, 2.05) is 0 Å². The Morgan fingerprint density at radius 1 is 0.432 bits per heavy atom. The summed E-state index contributed by atoms with van der Waals surface area (Å²) in [6.45, 7) is 13.1. The summed E-state index contributed by atoms with van der Waals surface area (Å²) in [6.07, 6.45) is 0. The zero-order valence-electron chi connectivity index (χ0n) is 26.4. The molecule has 1 heterocycles. The molecule has 0 saturated carbocycles. The van der Waals surface area contributed by atoms with Gasteiger partial charge >= 0.3 is 7.12 Å². The van der Waals surface area contributed by atoms with Gasteiger partial charge in [-0.1, -0.05) is 105 Å². The van der Waals surface area contributed by atoms with E-state index in [9.17, 15) is 0 Å². The van der Waals surface area contributed by atoms with Crippen LogP contribution in [0.15, 0.2) is 115 Å². The molecule has 216 valence electrons. The highest BCUT2D eigenvalue weighted by Gasteiger charge is 2.51. The van der Waals surface area contributed by atoms with Crippen molar-refractivity contribution < 1.29 is 9.31 Å². The van der Waals surface area contributed by atoms with Crippen molar-refractivity contribution in [1.29, 1.82) is 0 Å². The Bertz CT molecular complexity index is 2100. The van der Waals surface area contributed by atoms with Gasteiger partial charge in [0.05, 0.1) is 11.2 Å². The fourth-order valence-corrected chi connectivity index (χ4v) is 7.06. The second kappa shape index (κ2) is 9.41. The first-order valence-electron chi connectivity index (χ1n) is 15.7. The number of benzene rings is 6. The maximum atomic E-state index is 6.33. The normalized spacial score (nSPS) is 17.6. The third-order valence-electron chi connectivity index (χ3n) is 10.5. The number of rotatable bonds is 3. The first-order chi connectivity index (χ1) is 21.0. The standard InChI is InChI=1S/C41H37BO2/c1-39(2)37-10-8-7-9-35(37)36-20-18-32(25-38(36)39)30-16-15-27-21-29(14-13-28(27)22-30)31-12-11-26-17-19-34(24-33(26)23-31)42-43-40(3,4)41(5,6)44-42/h7-25H,1-6H3. The number of hydrogen-bond donors (Lipinski definition) is 0. The van der Waals surface area contributed by atoms with E-state index in [-0.39, 0.29) is 23.7 Å². The number of fused-ring (bicyclic) bond motifs is 5. The molecule has 2 nitrogen and oxygen atoms in total. The van der Waals surface area contributed by atoms with Crippen LogP contribution in [0.2, 0.25) is 0 Å². The fraction of sp³-hybridized carbons (Fsp3) is 0.220. The van der Waals surface area contributed by atoms with Gasteiger partial charge in [0.25, 0.3) is 0 Å². The Morgan fingerprint density at radius 2 is 0.932 bits per heavy atom. The SMILES string of the molecule is CC1(C)c2ccccc2-c2ccc(-c3ccc4cc(-c5ccc6ccc(B7OC(C)(C)C(C)(C)O7)cc6c5)ccc4c3)cc21. The summed E-state index contributed by atoms with van der Waals surface area (Å²) >= 11 is 0. The summed E-state index contributed by atoms with van der Waals surface area (Å²) in [6, 6.07) is 42.7. The Morgan fingerprint density at radius 3 is 1.59 bits per heavy atom. The molecule has 1 aliphatic carbocycles. The van der Waals surface area contributed by atoms with Crippen molar-refractivity contribution >= 4 is 34.1 Å². The average molecular weight is 573 g/mol. The summed E-state index contributed by atoms with van der Waals surface area (Å²) < 4.78 is 12.7. The van der Waals surface area contributed by atoms with Crippen molar-refractivity contribution in [3.05, 3.63) is 126 Å². The van der Waals surface area contributed by atoms with Gasteiger partial charge in [-0.05, 0) is 123 Å². The van der Waals surface area contributed by atoms with Gasteiger partial charge in [-0.2, -0.15) is 0 Å². The molecule has 1 saturated heterocycles. The second-order valence-corrected chi connectivity index (χ2v) is 14.1. The van der Waals surface area contributed by atoms with Crippen LogP contribution in [0.25, 0.3) is 54.9 Å². The lowest BCUT2D eigenvalue weighted by Crippen LogP contribution is -2.41. The maximum absolute atomic E-state index is 6.33. The van der Waals surface area contributed by atoms with E-state index in [2.05, 4.69) is 157 Å². The summed E-state index contributed by atoms with van der Waals surface area (Å²) in [4.78, 5) is 0. The van der Waals surface area contributed by atoms with Crippen molar-refractivity contribution in [1.82, 2.24) is 0 Å². The molecule has 8 rings (SSSR count). The smallest absolute Gasteiger partial charge is 0.399 e. The Hall–Kier alpha value is -4.18. The summed E-state index contributed by atoms with van der Waals surface area (Å²) in [5.41, 5.74) is 10.8. The minimum Gasteiger partial charge on any atom is -0.399 e. The van der Waals surface area contributed by atoms with Crippen molar-refractivity contribution in [2.24, 2.45) is 0 Å². The first kappa shape index (κ1) is 27.4.